The summed E-state index contributed by atoms with van der Waals surface area (Å²) in [5.74, 6) is 1.48. The van der Waals surface area contributed by atoms with Crippen molar-refractivity contribution in [1.82, 2.24) is 14.9 Å². The number of aryl methyl sites for hydroxylation is 2. The Hall–Kier alpha value is -2.34. The van der Waals surface area contributed by atoms with Gasteiger partial charge in [-0.2, -0.15) is 0 Å². The molecule has 2 heterocycles. The normalized spacial score (nSPS) is 15.7. The molecule has 6 heteroatoms. The smallest absolute Gasteiger partial charge is 0.159 e. The topological polar surface area (TPSA) is 70.3 Å². The van der Waals surface area contributed by atoms with E-state index in [1.54, 1.807) is 6.33 Å². The summed E-state index contributed by atoms with van der Waals surface area (Å²) in [5, 5.41) is 3.32. The van der Waals surface area contributed by atoms with Gasteiger partial charge in [-0.15, -0.1) is 0 Å². The Morgan fingerprint density at radius 3 is 2.48 bits per heavy atom. The molecule has 3 N–H and O–H groups in total. The van der Waals surface area contributed by atoms with Gasteiger partial charge in [-0.1, -0.05) is 6.07 Å². The second-order valence-electron chi connectivity index (χ2n) is 6.17. The van der Waals surface area contributed by atoms with E-state index in [2.05, 4.69) is 58.1 Å². The van der Waals surface area contributed by atoms with E-state index in [4.69, 9.17) is 5.73 Å². The Kier molecular flexibility index (Phi) is 4.34. The zero-order chi connectivity index (χ0) is 16.4. The first-order valence-corrected chi connectivity index (χ1v) is 7.93. The van der Waals surface area contributed by atoms with Gasteiger partial charge in [-0.25, -0.2) is 9.97 Å². The standard InChI is InChI=1S/C17H24N6/c1-12-4-5-14(10-13(12)2)21-16-15(18)17(20-11-19-16)23-8-6-22(3)7-9-23/h4-5,10-11H,6-9,18H2,1-3H3,(H,19,20,21). The van der Waals surface area contributed by atoms with Gasteiger partial charge in [0, 0.05) is 31.9 Å². The van der Waals surface area contributed by atoms with E-state index in [1.807, 2.05) is 6.07 Å². The van der Waals surface area contributed by atoms with Crippen molar-refractivity contribution in [3.8, 4) is 0 Å². The number of nitrogens with two attached hydrogens (primary N) is 1. The largest absolute Gasteiger partial charge is 0.393 e. The number of piperazine rings is 1. The Morgan fingerprint density at radius 1 is 1.04 bits per heavy atom. The maximum Gasteiger partial charge on any atom is 0.159 e. The van der Waals surface area contributed by atoms with E-state index in [9.17, 15) is 0 Å². The molecule has 2 aromatic rings. The summed E-state index contributed by atoms with van der Waals surface area (Å²) in [7, 11) is 2.13. The number of hydrogen-bond donors (Lipinski definition) is 2. The van der Waals surface area contributed by atoms with Crippen LogP contribution in [-0.2, 0) is 0 Å². The van der Waals surface area contributed by atoms with Gasteiger partial charge in [-0.05, 0) is 44.2 Å². The third-order valence-corrected chi connectivity index (χ3v) is 4.44. The van der Waals surface area contributed by atoms with E-state index >= 15 is 0 Å². The first-order chi connectivity index (χ1) is 11.0. The van der Waals surface area contributed by atoms with Crippen LogP contribution in [0.5, 0.6) is 0 Å². The molecule has 3 rings (SSSR count). The molecule has 1 saturated heterocycles. The quantitative estimate of drug-likeness (QED) is 0.905. The van der Waals surface area contributed by atoms with Crippen LogP contribution in [0.25, 0.3) is 0 Å². The van der Waals surface area contributed by atoms with Crippen molar-refractivity contribution in [2.45, 2.75) is 13.8 Å². The number of rotatable bonds is 3. The minimum absolute atomic E-state index is 0.607. The lowest BCUT2D eigenvalue weighted by molar-refractivity contribution is 0.312. The summed E-state index contributed by atoms with van der Waals surface area (Å²) >= 11 is 0. The number of anilines is 4. The van der Waals surface area contributed by atoms with Gasteiger partial charge in [0.05, 0.1) is 0 Å². The number of benzene rings is 1. The molecule has 1 fully saturated rings. The molecule has 0 unspecified atom stereocenters. The molecule has 0 aliphatic carbocycles. The molecule has 0 radical (unpaired) electrons. The summed E-state index contributed by atoms with van der Waals surface area (Å²) in [5.41, 5.74) is 10.4. The third-order valence-electron chi connectivity index (χ3n) is 4.44. The van der Waals surface area contributed by atoms with Crippen molar-refractivity contribution < 1.29 is 0 Å². The highest BCUT2D eigenvalue weighted by Gasteiger charge is 2.19. The van der Waals surface area contributed by atoms with Gasteiger partial charge in [0.2, 0.25) is 0 Å². The molecule has 1 aliphatic rings. The number of nitrogens with one attached hydrogen (secondary N) is 1. The van der Waals surface area contributed by atoms with Crippen LogP contribution >= 0.6 is 0 Å². The van der Waals surface area contributed by atoms with Crippen LogP contribution in [0.1, 0.15) is 11.1 Å². The lowest BCUT2D eigenvalue weighted by atomic mass is 10.1. The number of nitrogen functional groups attached to an aromatic ring is 1. The molecule has 1 aromatic carbocycles. The molecular weight excluding hydrogens is 288 g/mol. The Morgan fingerprint density at radius 2 is 1.78 bits per heavy atom. The third kappa shape index (κ3) is 3.37. The Labute approximate surface area is 137 Å². The average molecular weight is 312 g/mol. The van der Waals surface area contributed by atoms with Crippen LogP contribution in [0.4, 0.5) is 23.0 Å². The fourth-order valence-electron chi connectivity index (χ4n) is 2.71. The maximum absolute atomic E-state index is 6.32. The molecule has 0 spiro atoms. The molecular formula is C17H24N6. The second-order valence-corrected chi connectivity index (χ2v) is 6.17. The summed E-state index contributed by atoms with van der Waals surface area (Å²) in [6.07, 6.45) is 1.58. The van der Waals surface area contributed by atoms with Gasteiger partial charge in [0.15, 0.2) is 11.6 Å². The number of nitrogens with zero attached hydrogens (tertiary/aromatic N) is 4. The molecule has 0 amide bonds. The lowest BCUT2D eigenvalue weighted by Crippen LogP contribution is -2.45. The summed E-state index contributed by atoms with van der Waals surface area (Å²) in [6.45, 7) is 8.09. The molecule has 0 atom stereocenters. The van der Waals surface area contributed by atoms with Gasteiger partial charge in [0.25, 0.3) is 0 Å². The molecule has 23 heavy (non-hydrogen) atoms. The average Bonchev–Trinajstić information content (AvgIpc) is 2.54. The second kappa shape index (κ2) is 6.42. The van der Waals surface area contributed by atoms with Crippen molar-refractivity contribution in [3.05, 3.63) is 35.7 Å². The maximum atomic E-state index is 6.32. The van der Waals surface area contributed by atoms with Crippen LogP contribution in [0.3, 0.4) is 0 Å². The van der Waals surface area contributed by atoms with Gasteiger partial charge >= 0.3 is 0 Å². The van der Waals surface area contributed by atoms with Crippen molar-refractivity contribution in [1.29, 1.82) is 0 Å². The monoisotopic (exact) mass is 312 g/mol. The number of likely N-dealkylation sites (N-methyl/N-ethyl adjacent to an activating group) is 1. The minimum Gasteiger partial charge on any atom is -0.393 e. The SMILES string of the molecule is Cc1ccc(Nc2ncnc(N3CCN(C)CC3)c2N)cc1C. The van der Waals surface area contributed by atoms with E-state index in [1.165, 1.54) is 11.1 Å². The summed E-state index contributed by atoms with van der Waals surface area (Å²) in [4.78, 5) is 13.2. The van der Waals surface area contributed by atoms with Crippen molar-refractivity contribution in [3.63, 3.8) is 0 Å². The Bertz CT molecular complexity index is 691. The molecule has 1 aromatic heterocycles. The molecule has 1 aliphatic heterocycles. The van der Waals surface area contributed by atoms with E-state index < -0.39 is 0 Å². The van der Waals surface area contributed by atoms with Crippen molar-refractivity contribution >= 4 is 23.0 Å². The van der Waals surface area contributed by atoms with Crippen LogP contribution in [0, 0.1) is 13.8 Å². The summed E-state index contributed by atoms with van der Waals surface area (Å²) in [6, 6.07) is 6.24. The highest BCUT2D eigenvalue weighted by molar-refractivity contribution is 5.78. The van der Waals surface area contributed by atoms with Crippen LogP contribution in [0.2, 0.25) is 0 Å². The zero-order valence-electron chi connectivity index (χ0n) is 14.0. The molecule has 6 nitrogen and oxygen atoms in total. The van der Waals surface area contributed by atoms with Crippen molar-refractivity contribution in [2.24, 2.45) is 0 Å². The first kappa shape index (κ1) is 15.6. The van der Waals surface area contributed by atoms with Gasteiger partial charge in [-0.3, -0.25) is 0 Å². The van der Waals surface area contributed by atoms with Crippen LogP contribution in [-0.4, -0.2) is 48.1 Å². The predicted octanol–water partition coefficient (Wildman–Crippen LogP) is 2.17. The van der Waals surface area contributed by atoms with Crippen LogP contribution < -0.4 is 16.0 Å². The predicted molar refractivity (Wildman–Crippen MR) is 95.4 cm³/mol. The highest BCUT2D eigenvalue weighted by Crippen LogP contribution is 2.29. The fraction of sp³-hybridized carbons (Fsp3) is 0.412. The van der Waals surface area contributed by atoms with Gasteiger partial charge < -0.3 is 20.9 Å². The zero-order valence-corrected chi connectivity index (χ0v) is 14.0. The molecule has 122 valence electrons. The molecule has 0 saturated carbocycles. The number of aromatic nitrogens is 2. The van der Waals surface area contributed by atoms with Crippen LogP contribution in [0.15, 0.2) is 24.5 Å². The number of hydrogen-bond acceptors (Lipinski definition) is 6. The molecule has 0 bridgehead atoms. The van der Waals surface area contributed by atoms with Crippen molar-refractivity contribution in [2.75, 3.05) is 49.2 Å². The Balaban J connectivity index is 1.83. The lowest BCUT2D eigenvalue weighted by Gasteiger charge is -2.33. The highest BCUT2D eigenvalue weighted by atomic mass is 15.3. The van der Waals surface area contributed by atoms with E-state index in [-0.39, 0.29) is 0 Å². The van der Waals surface area contributed by atoms with E-state index in [0.29, 0.717) is 11.5 Å². The minimum atomic E-state index is 0.607. The fourth-order valence-corrected chi connectivity index (χ4v) is 2.71. The van der Waals surface area contributed by atoms with E-state index in [0.717, 1.165) is 37.7 Å². The summed E-state index contributed by atoms with van der Waals surface area (Å²) < 4.78 is 0. The van der Waals surface area contributed by atoms with Gasteiger partial charge in [0.1, 0.15) is 12.0 Å². The first-order valence-electron chi connectivity index (χ1n) is 7.93.